The van der Waals surface area contributed by atoms with Crippen molar-refractivity contribution in [3.8, 4) is 0 Å². The first-order valence-corrected chi connectivity index (χ1v) is 1.84. The van der Waals surface area contributed by atoms with Crippen LogP contribution in [0.1, 0.15) is 6.92 Å². The number of aliphatic carboxylic acids is 1. The van der Waals surface area contributed by atoms with Gasteiger partial charge in [0.15, 0.2) is 0 Å². The molecule has 0 saturated heterocycles. The summed E-state index contributed by atoms with van der Waals surface area (Å²) >= 11 is 0. The molecule has 0 unspecified atom stereocenters. The van der Waals surface area contributed by atoms with Crippen LogP contribution in [-0.4, -0.2) is 23.2 Å². The van der Waals surface area contributed by atoms with E-state index in [2.05, 4.69) is 0 Å². The summed E-state index contributed by atoms with van der Waals surface area (Å²) in [5.74, 6) is -0.833. The third-order valence-electron chi connectivity index (χ3n) is 0. The van der Waals surface area contributed by atoms with E-state index in [1.807, 2.05) is 0 Å². The first kappa shape index (κ1) is 15.7. The van der Waals surface area contributed by atoms with Crippen LogP contribution in [0.25, 0.3) is 0 Å². The fourth-order valence-corrected chi connectivity index (χ4v) is 0. The molecule has 0 aromatic rings. The van der Waals surface area contributed by atoms with Crippen molar-refractivity contribution in [2.75, 3.05) is 0 Å². The molecule has 0 heterocycles. The van der Waals surface area contributed by atoms with E-state index in [9.17, 15) is 0 Å². The van der Waals surface area contributed by atoms with Gasteiger partial charge >= 0.3 is 0 Å². The lowest BCUT2D eigenvalue weighted by Crippen LogP contribution is -1.78. The van der Waals surface area contributed by atoms with E-state index in [0.717, 1.165) is 19.1 Å². The summed E-state index contributed by atoms with van der Waals surface area (Å²) < 4.78 is 0. The Kier molecular flexibility index (Phi) is 42.3. The number of hydrogen-bond acceptors (Lipinski definition) is 5. The lowest BCUT2D eigenvalue weighted by molar-refractivity contribution is -0.134. The van der Waals surface area contributed by atoms with Crippen molar-refractivity contribution >= 4 is 18.1 Å². The highest BCUT2D eigenvalue weighted by Gasteiger charge is 1.65. The van der Waals surface area contributed by atoms with Crippen molar-refractivity contribution < 1.29 is 19.5 Å². The number of carbonyl (C=O) groups excluding carboxylic acids is 2. The number of rotatable bonds is 0. The van der Waals surface area contributed by atoms with Crippen molar-refractivity contribution in [1.29, 1.82) is 10.8 Å². The molecule has 0 bridgehead atoms. The average molecular weight is 146 g/mol. The fourth-order valence-electron chi connectivity index (χ4n) is 0. The van der Waals surface area contributed by atoms with Gasteiger partial charge in [-0.25, -0.2) is 20.4 Å². The molecule has 0 amide bonds. The van der Waals surface area contributed by atoms with E-state index in [1.165, 1.54) is 0 Å². The molecule has 0 radical (unpaired) electrons. The van der Waals surface area contributed by atoms with Crippen molar-refractivity contribution in [3.63, 3.8) is 0 Å². The number of nitrogens with one attached hydrogen (secondary N) is 2. The maximum atomic E-state index is 9.00. The highest BCUT2D eigenvalue weighted by molar-refractivity contribution is 5.62. The van der Waals surface area contributed by atoms with Gasteiger partial charge in [-0.3, -0.25) is 4.79 Å². The molecule has 3 N–H and O–H groups in total. The van der Waals surface area contributed by atoms with Crippen LogP contribution in [0, 0.1) is 10.8 Å². The van der Waals surface area contributed by atoms with Crippen LogP contribution < -0.4 is 0 Å². The fraction of sp³-hybridized carbons (Fsp3) is 0.250. The number of carboxylic acid groups (broad SMARTS) is 1. The molecule has 0 fully saturated rings. The minimum absolute atomic E-state index is 0.750. The topological polar surface area (TPSA) is 119 Å². The second kappa shape index (κ2) is 26.9. The second-order valence-corrected chi connectivity index (χ2v) is 0.723. The maximum Gasteiger partial charge on any atom is 0.300 e. The second-order valence-electron chi connectivity index (χ2n) is 0.723. The van der Waals surface area contributed by atoms with E-state index in [4.69, 9.17) is 30.3 Å². The molecule has 0 aromatic carbocycles. The average Bonchev–Trinajstić information content (AvgIpc) is 1.65. The third kappa shape index (κ3) is 54.4. The van der Waals surface area contributed by atoms with Gasteiger partial charge in [-0.15, -0.1) is 0 Å². The SMILES string of the molecule is CC(=O)O.N=C=O.N=C=O. The molecule has 0 spiro atoms. The van der Waals surface area contributed by atoms with Crippen LogP contribution in [0.5, 0.6) is 0 Å². The molecule has 56 valence electrons. The molecule has 0 saturated carbocycles. The Morgan fingerprint density at radius 1 is 1.30 bits per heavy atom. The van der Waals surface area contributed by atoms with Gasteiger partial charge < -0.3 is 5.11 Å². The molecule has 0 rings (SSSR count). The van der Waals surface area contributed by atoms with E-state index in [-0.39, 0.29) is 0 Å². The Morgan fingerprint density at radius 2 is 1.30 bits per heavy atom. The molecular formula is C4H6N2O4. The predicted molar refractivity (Wildman–Crippen MR) is 30.1 cm³/mol. The zero-order chi connectivity index (χ0) is 8.99. The van der Waals surface area contributed by atoms with E-state index < -0.39 is 5.97 Å². The molecule has 0 aliphatic rings. The summed E-state index contributed by atoms with van der Waals surface area (Å²) in [7, 11) is 0. The largest absolute Gasteiger partial charge is 0.481 e. The normalized spacial score (nSPS) is 4.10. The predicted octanol–water partition coefficient (Wildman–Crippen LogP) is -0.107. The standard InChI is InChI=1S/C2H4O2.2CHNO/c1-2(3)4;2*2-1-3/h1H3,(H,3,4);2*2H. The van der Waals surface area contributed by atoms with Gasteiger partial charge in [0.25, 0.3) is 5.97 Å². The first-order valence-electron chi connectivity index (χ1n) is 1.84. The zero-order valence-electron chi connectivity index (χ0n) is 5.17. The van der Waals surface area contributed by atoms with E-state index in [0.29, 0.717) is 0 Å². The highest BCUT2D eigenvalue weighted by Crippen LogP contribution is 1.42. The van der Waals surface area contributed by atoms with E-state index >= 15 is 0 Å². The lowest BCUT2D eigenvalue weighted by atomic mass is 10.9. The van der Waals surface area contributed by atoms with E-state index in [1.54, 1.807) is 0 Å². The Morgan fingerprint density at radius 3 is 1.30 bits per heavy atom. The number of isocyanates is 2. The minimum Gasteiger partial charge on any atom is -0.481 e. The van der Waals surface area contributed by atoms with Crippen LogP contribution in [0.2, 0.25) is 0 Å². The highest BCUT2D eigenvalue weighted by atomic mass is 16.4. The number of hydrogen-bond donors (Lipinski definition) is 3. The summed E-state index contributed by atoms with van der Waals surface area (Å²) in [6, 6.07) is 0. The van der Waals surface area contributed by atoms with Crippen LogP contribution in [0.15, 0.2) is 0 Å². The molecule has 0 aliphatic carbocycles. The maximum absolute atomic E-state index is 9.00. The number of carbonyl (C=O) groups is 1. The van der Waals surface area contributed by atoms with Crippen LogP contribution >= 0.6 is 0 Å². The quantitative estimate of drug-likeness (QED) is 0.326. The molecule has 10 heavy (non-hydrogen) atoms. The van der Waals surface area contributed by atoms with Crippen molar-refractivity contribution in [2.45, 2.75) is 6.92 Å². The Balaban J connectivity index is -0.0000000750. The van der Waals surface area contributed by atoms with Crippen LogP contribution in [0.4, 0.5) is 0 Å². The lowest BCUT2D eigenvalue weighted by Gasteiger charge is -1.59. The third-order valence-corrected chi connectivity index (χ3v) is 0. The Bertz CT molecular complexity index is 125. The summed E-state index contributed by atoms with van der Waals surface area (Å²) in [5, 5.41) is 18.2. The number of carboxylic acids is 1. The summed E-state index contributed by atoms with van der Waals surface area (Å²) in [6.45, 7) is 1.08. The van der Waals surface area contributed by atoms with Gasteiger partial charge in [-0.05, 0) is 0 Å². The summed E-state index contributed by atoms with van der Waals surface area (Å²) in [5.41, 5.74) is 0. The molecule has 0 aliphatic heterocycles. The minimum atomic E-state index is -0.833. The van der Waals surface area contributed by atoms with Crippen molar-refractivity contribution in [1.82, 2.24) is 0 Å². The van der Waals surface area contributed by atoms with Crippen LogP contribution in [-0.2, 0) is 14.4 Å². The summed E-state index contributed by atoms with van der Waals surface area (Å²) in [6.07, 6.45) is 1.50. The van der Waals surface area contributed by atoms with Gasteiger partial charge in [0.2, 0.25) is 12.2 Å². The zero-order valence-corrected chi connectivity index (χ0v) is 5.17. The molecule has 0 atom stereocenters. The molecule has 6 nitrogen and oxygen atoms in total. The van der Waals surface area contributed by atoms with Crippen molar-refractivity contribution in [2.24, 2.45) is 0 Å². The monoisotopic (exact) mass is 146 g/mol. The Labute approximate surface area is 56.5 Å². The molecular weight excluding hydrogens is 140 g/mol. The Hall–Kier alpha value is -1.77. The van der Waals surface area contributed by atoms with Gasteiger partial charge in [0.1, 0.15) is 0 Å². The van der Waals surface area contributed by atoms with Crippen molar-refractivity contribution in [3.05, 3.63) is 0 Å². The van der Waals surface area contributed by atoms with Gasteiger partial charge in [-0.2, -0.15) is 0 Å². The van der Waals surface area contributed by atoms with Gasteiger partial charge in [-0.1, -0.05) is 0 Å². The van der Waals surface area contributed by atoms with Gasteiger partial charge in [0.05, 0.1) is 0 Å². The van der Waals surface area contributed by atoms with Gasteiger partial charge in [0, 0.05) is 6.92 Å². The molecule has 6 heteroatoms. The van der Waals surface area contributed by atoms with Crippen LogP contribution in [0.3, 0.4) is 0 Å². The molecule has 0 aromatic heterocycles. The summed E-state index contributed by atoms with van der Waals surface area (Å²) in [4.78, 5) is 25.7. The first-order chi connectivity index (χ1) is 4.56. The smallest absolute Gasteiger partial charge is 0.300 e.